The average Bonchev–Trinajstić information content (AvgIpc) is 3.09. The van der Waals surface area contributed by atoms with E-state index in [0.29, 0.717) is 41.5 Å². The number of hydrogen-bond acceptors (Lipinski definition) is 8. The molecule has 0 saturated carbocycles. The van der Waals surface area contributed by atoms with E-state index in [0.717, 1.165) is 10.4 Å². The molecule has 0 aromatic carbocycles. The molecule has 1 fully saturated rings. The Kier molecular flexibility index (Phi) is 4.94. The number of pyridine rings is 1. The molecule has 152 valence electrons. The van der Waals surface area contributed by atoms with Crippen LogP contribution < -0.4 is 5.73 Å². The van der Waals surface area contributed by atoms with Crippen LogP contribution in [0.3, 0.4) is 0 Å². The Balaban J connectivity index is 1.79. The largest absolute Gasteiger partial charge is 0.386 e. The maximum absolute atomic E-state index is 13.3. The van der Waals surface area contributed by atoms with Gasteiger partial charge in [0.15, 0.2) is 9.84 Å². The maximum Gasteiger partial charge on any atom is 0.166 e. The number of nitrogens with two attached hydrogens (primary N) is 1. The molecule has 1 spiro atoms. The zero-order chi connectivity index (χ0) is 20.9. The summed E-state index contributed by atoms with van der Waals surface area (Å²) in [6, 6.07) is 5.53. The van der Waals surface area contributed by atoms with E-state index < -0.39 is 20.1 Å². The van der Waals surface area contributed by atoms with Crippen LogP contribution in [-0.4, -0.2) is 43.0 Å². The molecular formula is C19H19ClN4O3S2. The molecule has 7 nitrogen and oxygen atoms in total. The Hall–Kier alpha value is -1.99. The van der Waals surface area contributed by atoms with Gasteiger partial charge in [-0.05, 0) is 31.9 Å². The molecule has 4 rings (SSSR count). The second-order valence-electron chi connectivity index (χ2n) is 7.50. The van der Waals surface area contributed by atoms with Crippen LogP contribution >= 0.6 is 22.9 Å². The van der Waals surface area contributed by atoms with Crippen LogP contribution in [0.5, 0.6) is 0 Å². The van der Waals surface area contributed by atoms with Gasteiger partial charge in [-0.3, -0.25) is 9.98 Å². The minimum absolute atomic E-state index is 0.133. The minimum Gasteiger partial charge on any atom is -0.386 e. The minimum atomic E-state index is -3.58. The van der Waals surface area contributed by atoms with Gasteiger partial charge in [0.2, 0.25) is 0 Å². The highest BCUT2D eigenvalue weighted by atomic mass is 35.5. The normalized spacial score (nSPS) is 25.3. The number of aromatic nitrogens is 1. The summed E-state index contributed by atoms with van der Waals surface area (Å²) in [7, 11) is -3.58. The summed E-state index contributed by atoms with van der Waals surface area (Å²) in [5.41, 5.74) is 6.37. The van der Waals surface area contributed by atoms with Crippen LogP contribution in [0.1, 0.15) is 30.2 Å². The quantitative estimate of drug-likeness (QED) is 0.751. The summed E-state index contributed by atoms with van der Waals surface area (Å²) >= 11 is 7.85. The lowest BCUT2D eigenvalue weighted by molar-refractivity contribution is 0.0875. The lowest BCUT2D eigenvalue weighted by atomic mass is 9.95. The topological polar surface area (TPSA) is 118 Å². The number of amidine groups is 1. The van der Waals surface area contributed by atoms with Crippen molar-refractivity contribution >= 4 is 38.6 Å². The van der Waals surface area contributed by atoms with Gasteiger partial charge in [-0.2, -0.15) is 5.26 Å². The van der Waals surface area contributed by atoms with Crippen molar-refractivity contribution in [3.63, 3.8) is 0 Å². The molecule has 2 aliphatic heterocycles. The van der Waals surface area contributed by atoms with Crippen molar-refractivity contribution in [2.24, 2.45) is 10.7 Å². The molecule has 29 heavy (non-hydrogen) atoms. The lowest BCUT2D eigenvalue weighted by Gasteiger charge is -2.43. The van der Waals surface area contributed by atoms with Crippen LogP contribution in [0, 0.1) is 11.3 Å². The highest BCUT2D eigenvalue weighted by Crippen LogP contribution is 2.47. The summed E-state index contributed by atoms with van der Waals surface area (Å²) < 4.78 is 30.8. The van der Waals surface area contributed by atoms with E-state index >= 15 is 0 Å². The Labute approximate surface area is 178 Å². The summed E-state index contributed by atoms with van der Waals surface area (Å²) in [5.74, 6) is -0.0367. The Bertz CT molecular complexity index is 1150. The fourth-order valence-corrected chi connectivity index (χ4v) is 8.05. The first-order chi connectivity index (χ1) is 13.7. The third kappa shape index (κ3) is 3.24. The molecule has 2 aliphatic rings. The van der Waals surface area contributed by atoms with E-state index in [2.05, 4.69) is 16.0 Å². The molecule has 0 aliphatic carbocycles. The maximum atomic E-state index is 13.3. The van der Waals surface area contributed by atoms with E-state index in [1.165, 1.54) is 17.5 Å². The molecule has 1 unspecified atom stereocenters. The van der Waals surface area contributed by atoms with E-state index in [-0.39, 0.29) is 11.6 Å². The molecule has 2 aromatic rings. The zero-order valence-corrected chi connectivity index (χ0v) is 18.1. The molecule has 0 bridgehead atoms. The van der Waals surface area contributed by atoms with Crippen molar-refractivity contribution in [1.82, 2.24) is 4.98 Å². The number of aliphatic imine (C=N–C) groups is 1. The highest BCUT2D eigenvalue weighted by molar-refractivity contribution is 7.93. The van der Waals surface area contributed by atoms with Gasteiger partial charge in [0.05, 0.1) is 21.2 Å². The number of sulfone groups is 1. The Morgan fingerprint density at radius 3 is 2.69 bits per heavy atom. The number of thiophene rings is 1. The monoisotopic (exact) mass is 450 g/mol. The van der Waals surface area contributed by atoms with Gasteiger partial charge in [0.25, 0.3) is 0 Å². The van der Waals surface area contributed by atoms with Gasteiger partial charge in [-0.25, -0.2) is 8.42 Å². The van der Waals surface area contributed by atoms with Gasteiger partial charge in [-0.15, -0.1) is 11.3 Å². The summed E-state index contributed by atoms with van der Waals surface area (Å²) in [5, 5.41) is 9.52. The fourth-order valence-electron chi connectivity index (χ4n) is 3.97. The second kappa shape index (κ2) is 7.06. The molecule has 2 N–H and O–H groups in total. The van der Waals surface area contributed by atoms with E-state index in [9.17, 15) is 8.42 Å². The predicted molar refractivity (Wildman–Crippen MR) is 113 cm³/mol. The highest BCUT2D eigenvalue weighted by Gasteiger charge is 2.55. The Morgan fingerprint density at radius 2 is 2.03 bits per heavy atom. The average molecular weight is 451 g/mol. The summed E-state index contributed by atoms with van der Waals surface area (Å²) in [4.78, 5) is 10.2. The smallest absolute Gasteiger partial charge is 0.166 e. The third-order valence-corrected chi connectivity index (χ3v) is 10.1. The SMILES string of the molecule is CC1(c2sc(-c3cncc(C#N)c3)cc2Cl)CS(=O)(=O)C2(CCOCC2)C(N)=N1. The molecule has 1 saturated heterocycles. The molecule has 4 heterocycles. The van der Waals surface area contributed by atoms with Crippen LogP contribution in [0.2, 0.25) is 5.02 Å². The van der Waals surface area contributed by atoms with Crippen LogP contribution in [0.25, 0.3) is 10.4 Å². The van der Waals surface area contributed by atoms with Crippen molar-refractivity contribution in [1.29, 1.82) is 5.26 Å². The second-order valence-corrected chi connectivity index (χ2v) is 11.3. The molecule has 1 atom stereocenters. The first-order valence-electron chi connectivity index (χ1n) is 9.02. The number of hydrogen-bond donors (Lipinski definition) is 1. The first kappa shape index (κ1) is 20.3. The number of nitriles is 1. The standard InChI is InChI=1S/C19H19ClN4O3S2/c1-18(11-29(25,26)19(17(22)24-18)2-4-27-5-3-19)16-14(20)7-15(28-16)13-6-12(8-21)9-23-10-13/h6-7,9-10H,2-5,11H2,1H3,(H2,22,24). The zero-order valence-electron chi connectivity index (χ0n) is 15.7. The van der Waals surface area contributed by atoms with Crippen LogP contribution in [0.15, 0.2) is 29.5 Å². The van der Waals surface area contributed by atoms with Crippen LogP contribution in [-0.2, 0) is 20.1 Å². The van der Waals surface area contributed by atoms with E-state index in [1.807, 2.05) is 0 Å². The van der Waals surface area contributed by atoms with Gasteiger partial charge in [0, 0.05) is 36.0 Å². The summed E-state index contributed by atoms with van der Waals surface area (Å²) in [6.45, 7) is 2.44. The first-order valence-corrected chi connectivity index (χ1v) is 11.9. The van der Waals surface area contributed by atoms with E-state index in [4.69, 9.17) is 27.3 Å². The number of ether oxygens (including phenoxy) is 1. The molecule has 2 aromatic heterocycles. The van der Waals surface area contributed by atoms with Crippen molar-refractivity contribution < 1.29 is 13.2 Å². The van der Waals surface area contributed by atoms with Crippen molar-refractivity contribution in [3.05, 3.63) is 40.0 Å². The number of rotatable bonds is 2. The number of nitrogens with zero attached hydrogens (tertiary/aromatic N) is 3. The van der Waals surface area contributed by atoms with Crippen LogP contribution in [0.4, 0.5) is 0 Å². The van der Waals surface area contributed by atoms with Crippen molar-refractivity contribution in [2.75, 3.05) is 19.0 Å². The molecule has 0 amide bonds. The van der Waals surface area contributed by atoms with Crippen molar-refractivity contribution in [3.8, 4) is 16.5 Å². The van der Waals surface area contributed by atoms with Gasteiger partial charge in [-0.1, -0.05) is 11.6 Å². The van der Waals surface area contributed by atoms with Gasteiger partial charge in [0.1, 0.15) is 22.2 Å². The van der Waals surface area contributed by atoms with Gasteiger partial charge >= 0.3 is 0 Å². The molecule has 0 radical (unpaired) electrons. The molecule has 10 heteroatoms. The lowest BCUT2D eigenvalue weighted by Crippen LogP contribution is -2.60. The summed E-state index contributed by atoms with van der Waals surface area (Å²) in [6.07, 6.45) is 3.75. The van der Waals surface area contributed by atoms with Crippen molar-refractivity contribution in [2.45, 2.75) is 30.1 Å². The molecular weight excluding hydrogens is 432 g/mol. The number of halogens is 1. The Morgan fingerprint density at radius 1 is 1.31 bits per heavy atom. The fraction of sp³-hybridized carbons (Fsp3) is 0.421. The van der Waals surface area contributed by atoms with Gasteiger partial charge < -0.3 is 10.5 Å². The predicted octanol–water partition coefficient (Wildman–Crippen LogP) is 2.89. The third-order valence-electron chi connectivity index (χ3n) is 5.53. The van der Waals surface area contributed by atoms with E-state index in [1.54, 1.807) is 25.3 Å².